The van der Waals surface area contributed by atoms with Crippen molar-refractivity contribution in [2.24, 2.45) is 5.92 Å². The molecule has 2 heterocycles. The van der Waals surface area contributed by atoms with Gasteiger partial charge in [0.2, 0.25) is 11.8 Å². The molecule has 3 aromatic rings. The number of carbonyl (C=O) groups excluding carboxylic acids is 3. The van der Waals surface area contributed by atoms with Crippen LogP contribution in [0.15, 0.2) is 71.3 Å². The van der Waals surface area contributed by atoms with E-state index in [-0.39, 0.29) is 29.9 Å². The monoisotopic (exact) mass is 433 g/mol. The lowest BCUT2D eigenvalue weighted by Crippen LogP contribution is -2.32. The van der Waals surface area contributed by atoms with Gasteiger partial charge in [0.05, 0.1) is 19.3 Å². The Bertz CT molecular complexity index is 1110. The van der Waals surface area contributed by atoms with Gasteiger partial charge in [0.15, 0.2) is 5.76 Å². The summed E-state index contributed by atoms with van der Waals surface area (Å²) >= 11 is 0. The van der Waals surface area contributed by atoms with Crippen LogP contribution < -0.4 is 20.3 Å². The lowest BCUT2D eigenvalue weighted by molar-refractivity contribution is -0.126. The minimum Gasteiger partial charge on any atom is -0.497 e. The third kappa shape index (κ3) is 4.80. The average molecular weight is 433 g/mol. The molecule has 0 bridgehead atoms. The number of furan rings is 1. The van der Waals surface area contributed by atoms with Gasteiger partial charge in [-0.1, -0.05) is 18.2 Å². The summed E-state index contributed by atoms with van der Waals surface area (Å²) in [7, 11) is 1.57. The smallest absolute Gasteiger partial charge is 0.291 e. The number of benzene rings is 2. The van der Waals surface area contributed by atoms with E-state index in [2.05, 4.69) is 10.6 Å². The Balaban J connectivity index is 1.30. The molecule has 1 aliphatic heterocycles. The number of ether oxygens (including phenoxy) is 1. The summed E-state index contributed by atoms with van der Waals surface area (Å²) in [4.78, 5) is 38.7. The van der Waals surface area contributed by atoms with E-state index in [9.17, 15) is 14.4 Å². The van der Waals surface area contributed by atoms with Crippen LogP contribution >= 0.6 is 0 Å². The quantitative estimate of drug-likeness (QED) is 0.596. The van der Waals surface area contributed by atoms with Crippen LogP contribution in [-0.4, -0.2) is 31.4 Å². The molecule has 0 radical (unpaired) electrons. The number of anilines is 2. The zero-order chi connectivity index (χ0) is 22.5. The highest BCUT2D eigenvalue weighted by molar-refractivity contribution is 6.02. The fraction of sp³-hybridized carbons (Fsp3) is 0.208. The number of nitrogens with one attached hydrogen (secondary N) is 2. The van der Waals surface area contributed by atoms with Crippen LogP contribution in [0.2, 0.25) is 0 Å². The van der Waals surface area contributed by atoms with Crippen LogP contribution in [0.3, 0.4) is 0 Å². The Morgan fingerprint density at radius 3 is 2.66 bits per heavy atom. The van der Waals surface area contributed by atoms with Gasteiger partial charge in [-0.15, -0.1) is 0 Å². The molecule has 2 aromatic carbocycles. The Morgan fingerprint density at radius 1 is 1.12 bits per heavy atom. The summed E-state index contributed by atoms with van der Waals surface area (Å²) in [5.74, 6) is -0.112. The Morgan fingerprint density at radius 2 is 1.94 bits per heavy atom. The second-order valence-electron chi connectivity index (χ2n) is 7.45. The molecule has 3 amide bonds. The molecule has 1 aromatic heterocycles. The van der Waals surface area contributed by atoms with Crippen LogP contribution in [0.4, 0.5) is 11.4 Å². The van der Waals surface area contributed by atoms with Crippen molar-refractivity contribution in [3.05, 3.63) is 78.3 Å². The van der Waals surface area contributed by atoms with Gasteiger partial charge in [-0.2, -0.15) is 0 Å². The van der Waals surface area contributed by atoms with Gasteiger partial charge in [0.1, 0.15) is 5.75 Å². The number of hydrogen-bond donors (Lipinski definition) is 2. The highest BCUT2D eigenvalue weighted by Gasteiger charge is 2.35. The number of carbonyl (C=O) groups is 3. The summed E-state index contributed by atoms with van der Waals surface area (Å²) in [6.45, 7) is 0.657. The van der Waals surface area contributed by atoms with Crippen molar-refractivity contribution in [2.45, 2.75) is 13.0 Å². The molecule has 4 rings (SSSR count). The number of rotatable bonds is 7. The zero-order valence-corrected chi connectivity index (χ0v) is 17.5. The molecule has 0 saturated carbocycles. The maximum atomic E-state index is 12.6. The number of nitrogens with zero attached hydrogens (tertiary/aromatic N) is 1. The fourth-order valence-corrected chi connectivity index (χ4v) is 3.55. The minimum absolute atomic E-state index is 0.0879. The van der Waals surface area contributed by atoms with E-state index in [1.54, 1.807) is 42.3 Å². The zero-order valence-electron chi connectivity index (χ0n) is 17.5. The standard InChI is InChI=1S/C24H23N3O5/c1-31-20-5-2-4-19(13-20)27-15-17(12-22(27)28)23(29)25-14-16-7-9-18(10-8-16)26-24(30)21-6-3-11-32-21/h2-11,13,17H,12,14-15H2,1H3,(H,25,29)(H,26,30). The predicted molar refractivity (Wildman–Crippen MR) is 118 cm³/mol. The predicted octanol–water partition coefficient (Wildman–Crippen LogP) is 3.21. The van der Waals surface area contributed by atoms with Crippen molar-refractivity contribution < 1.29 is 23.5 Å². The number of methoxy groups -OCH3 is 1. The van der Waals surface area contributed by atoms with Gasteiger partial charge < -0.3 is 24.7 Å². The first-order valence-electron chi connectivity index (χ1n) is 10.2. The van der Waals surface area contributed by atoms with E-state index < -0.39 is 5.92 Å². The van der Waals surface area contributed by atoms with Gasteiger partial charge in [-0.25, -0.2) is 0 Å². The van der Waals surface area contributed by atoms with Crippen LogP contribution in [-0.2, 0) is 16.1 Å². The van der Waals surface area contributed by atoms with Crippen LogP contribution in [0.25, 0.3) is 0 Å². The molecule has 0 spiro atoms. The van der Waals surface area contributed by atoms with E-state index in [0.29, 0.717) is 24.5 Å². The Kier molecular flexibility index (Phi) is 6.21. The Labute approximate surface area is 185 Å². The normalized spacial score (nSPS) is 15.5. The molecule has 0 aliphatic carbocycles. The first-order valence-corrected chi connectivity index (χ1v) is 10.2. The third-order valence-corrected chi connectivity index (χ3v) is 5.28. The van der Waals surface area contributed by atoms with E-state index in [1.807, 2.05) is 30.3 Å². The fourth-order valence-electron chi connectivity index (χ4n) is 3.55. The van der Waals surface area contributed by atoms with Crippen molar-refractivity contribution in [3.63, 3.8) is 0 Å². The van der Waals surface area contributed by atoms with Crippen molar-refractivity contribution in [1.29, 1.82) is 0 Å². The molecular formula is C24H23N3O5. The lowest BCUT2D eigenvalue weighted by atomic mass is 10.1. The van der Waals surface area contributed by atoms with Crippen LogP contribution in [0.5, 0.6) is 5.75 Å². The van der Waals surface area contributed by atoms with Gasteiger partial charge in [0.25, 0.3) is 5.91 Å². The summed E-state index contributed by atoms with van der Waals surface area (Å²) in [6, 6.07) is 17.6. The highest BCUT2D eigenvalue weighted by Crippen LogP contribution is 2.28. The SMILES string of the molecule is COc1cccc(N2CC(C(=O)NCc3ccc(NC(=O)c4ccco4)cc3)CC2=O)c1. The largest absolute Gasteiger partial charge is 0.497 e. The lowest BCUT2D eigenvalue weighted by Gasteiger charge is -2.17. The topological polar surface area (TPSA) is 101 Å². The van der Waals surface area contributed by atoms with Gasteiger partial charge in [-0.3, -0.25) is 14.4 Å². The molecular weight excluding hydrogens is 410 g/mol. The molecule has 1 aliphatic rings. The van der Waals surface area contributed by atoms with E-state index in [4.69, 9.17) is 9.15 Å². The van der Waals surface area contributed by atoms with Crippen molar-refractivity contribution >= 4 is 29.1 Å². The Hall–Kier alpha value is -4.07. The van der Waals surface area contributed by atoms with E-state index in [0.717, 1.165) is 11.3 Å². The summed E-state index contributed by atoms with van der Waals surface area (Å²) in [6.07, 6.45) is 1.61. The van der Waals surface area contributed by atoms with Crippen molar-refractivity contribution in [2.75, 3.05) is 23.9 Å². The molecule has 1 unspecified atom stereocenters. The van der Waals surface area contributed by atoms with Crippen LogP contribution in [0, 0.1) is 5.92 Å². The highest BCUT2D eigenvalue weighted by atomic mass is 16.5. The molecule has 1 fully saturated rings. The maximum absolute atomic E-state index is 12.6. The molecule has 8 heteroatoms. The summed E-state index contributed by atoms with van der Waals surface area (Å²) < 4.78 is 10.3. The molecule has 1 saturated heterocycles. The van der Waals surface area contributed by atoms with Crippen molar-refractivity contribution in [1.82, 2.24) is 5.32 Å². The molecule has 8 nitrogen and oxygen atoms in total. The number of amides is 3. The third-order valence-electron chi connectivity index (χ3n) is 5.28. The molecule has 32 heavy (non-hydrogen) atoms. The number of hydrogen-bond acceptors (Lipinski definition) is 5. The maximum Gasteiger partial charge on any atom is 0.291 e. The van der Waals surface area contributed by atoms with E-state index >= 15 is 0 Å². The van der Waals surface area contributed by atoms with Gasteiger partial charge in [0, 0.05) is 37.0 Å². The van der Waals surface area contributed by atoms with Crippen LogP contribution in [0.1, 0.15) is 22.5 Å². The van der Waals surface area contributed by atoms with E-state index in [1.165, 1.54) is 6.26 Å². The molecule has 2 N–H and O–H groups in total. The minimum atomic E-state index is -0.416. The molecule has 164 valence electrons. The van der Waals surface area contributed by atoms with Gasteiger partial charge in [-0.05, 0) is 42.0 Å². The first-order chi connectivity index (χ1) is 15.5. The summed E-state index contributed by atoms with van der Waals surface area (Å²) in [5, 5.41) is 5.64. The first kappa shape index (κ1) is 21.2. The molecule has 1 atom stereocenters. The average Bonchev–Trinajstić information content (AvgIpc) is 3.49. The van der Waals surface area contributed by atoms with Gasteiger partial charge >= 0.3 is 0 Å². The summed E-state index contributed by atoms with van der Waals surface area (Å²) in [5.41, 5.74) is 2.22. The van der Waals surface area contributed by atoms with Crippen molar-refractivity contribution in [3.8, 4) is 5.75 Å². The second kappa shape index (κ2) is 9.38. The second-order valence-corrected chi connectivity index (χ2v) is 7.45.